The minimum Gasteiger partial charge on any atom is -0.468 e. The molecule has 0 unspecified atom stereocenters. The van der Waals surface area contributed by atoms with Crippen LogP contribution < -0.4 is 5.32 Å². The van der Waals surface area contributed by atoms with Crippen LogP contribution in [0, 0.1) is 18.6 Å². The summed E-state index contributed by atoms with van der Waals surface area (Å²) in [6.07, 6.45) is 10.9. The molecule has 0 fully saturated rings. The Morgan fingerprint density at radius 3 is 2.24 bits per heavy atom. The summed E-state index contributed by atoms with van der Waals surface area (Å²) in [5, 5.41) is 2.04. The zero-order valence-corrected chi connectivity index (χ0v) is 24.8. The van der Waals surface area contributed by atoms with Crippen molar-refractivity contribution >= 4 is 24.0 Å². The molecule has 3 aromatic rings. The maximum Gasteiger partial charge on any atom is 0.325 e. The molecular weight excluding hydrogens is 522 g/mol. The van der Waals surface area contributed by atoms with Crippen molar-refractivity contribution in [1.29, 1.82) is 0 Å². The molecule has 3 rings (SSSR count). The van der Waals surface area contributed by atoms with Gasteiger partial charge >= 0.3 is 5.97 Å². The Balaban J connectivity index is 0.000000317. The molecule has 5 nitrogen and oxygen atoms in total. The Bertz CT molecular complexity index is 1360. The lowest BCUT2D eigenvalue weighted by atomic mass is 9.93. The van der Waals surface area contributed by atoms with Gasteiger partial charge < -0.3 is 15.0 Å². The third kappa shape index (κ3) is 10.8. The fourth-order valence-electron chi connectivity index (χ4n) is 4.31. The topological polar surface area (TPSA) is 58.6 Å². The highest BCUT2D eigenvalue weighted by atomic mass is 19.1. The van der Waals surface area contributed by atoms with Gasteiger partial charge in [-0.2, -0.15) is 0 Å². The Kier molecular flexibility index (Phi) is 13.6. The van der Waals surface area contributed by atoms with Crippen LogP contribution in [-0.2, 0) is 22.5 Å². The number of nitrogens with one attached hydrogen (secondary N) is 1. The van der Waals surface area contributed by atoms with Crippen molar-refractivity contribution in [3.8, 4) is 0 Å². The largest absolute Gasteiger partial charge is 0.468 e. The SMILES string of the molecule is C/C=C\c1cccc(Cc2cc(C)cc(CN(C)C)c2)c1/C=C/CC.COC(=O)CNC(=O)c1c(F)cccc1F. The molecule has 0 bridgehead atoms. The molecule has 0 aliphatic heterocycles. The lowest BCUT2D eigenvalue weighted by molar-refractivity contribution is -0.139. The van der Waals surface area contributed by atoms with Gasteiger partial charge in [-0.25, -0.2) is 8.78 Å². The molecule has 0 saturated heterocycles. The van der Waals surface area contributed by atoms with E-state index in [-0.39, 0.29) is 0 Å². The van der Waals surface area contributed by atoms with E-state index in [4.69, 9.17) is 0 Å². The van der Waals surface area contributed by atoms with Crippen LogP contribution in [0.25, 0.3) is 12.2 Å². The van der Waals surface area contributed by atoms with Crippen LogP contribution in [0.2, 0.25) is 0 Å². The molecule has 0 heterocycles. The van der Waals surface area contributed by atoms with Gasteiger partial charge in [0.2, 0.25) is 0 Å². The zero-order chi connectivity index (χ0) is 30.4. The summed E-state index contributed by atoms with van der Waals surface area (Å²) in [7, 11) is 5.38. The van der Waals surface area contributed by atoms with Gasteiger partial charge in [0.25, 0.3) is 5.91 Å². The molecule has 41 heavy (non-hydrogen) atoms. The van der Waals surface area contributed by atoms with E-state index in [9.17, 15) is 18.4 Å². The summed E-state index contributed by atoms with van der Waals surface area (Å²) in [4.78, 5) is 24.2. The first-order valence-electron chi connectivity index (χ1n) is 13.5. The van der Waals surface area contributed by atoms with Crippen molar-refractivity contribution in [2.45, 2.75) is 40.2 Å². The van der Waals surface area contributed by atoms with Crippen molar-refractivity contribution in [3.05, 3.63) is 117 Å². The number of methoxy groups -OCH3 is 1. The van der Waals surface area contributed by atoms with Crippen LogP contribution in [0.15, 0.2) is 66.7 Å². The minimum atomic E-state index is -0.999. The smallest absolute Gasteiger partial charge is 0.325 e. The monoisotopic (exact) mass is 562 g/mol. The van der Waals surface area contributed by atoms with Crippen LogP contribution in [0.1, 0.15) is 64.0 Å². The molecular formula is C34H40F2N2O3. The third-order valence-corrected chi connectivity index (χ3v) is 6.00. The van der Waals surface area contributed by atoms with E-state index in [0.29, 0.717) is 0 Å². The van der Waals surface area contributed by atoms with Crippen LogP contribution in [0.3, 0.4) is 0 Å². The predicted molar refractivity (Wildman–Crippen MR) is 163 cm³/mol. The van der Waals surface area contributed by atoms with Crippen LogP contribution in [0.5, 0.6) is 0 Å². The molecule has 0 radical (unpaired) electrons. The van der Waals surface area contributed by atoms with Gasteiger partial charge in [0.1, 0.15) is 23.7 Å². The molecule has 1 amide bonds. The van der Waals surface area contributed by atoms with Gasteiger partial charge in [-0.15, -0.1) is 0 Å². The molecule has 0 spiro atoms. The Hall–Kier alpha value is -4.10. The normalized spacial score (nSPS) is 11.0. The van der Waals surface area contributed by atoms with Gasteiger partial charge in [0.15, 0.2) is 0 Å². The molecule has 0 aliphatic rings. The van der Waals surface area contributed by atoms with Crippen molar-refractivity contribution in [2.75, 3.05) is 27.7 Å². The van der Waals surface area contributed by atoms with Gasteiger partial charge in [-0.1, -0.05) is 79.3 Å². The van der Waals surface area contributed by atoms with Crippen molar-refractivity contribution < 1.29 is 23.1 Å². The minimum absolute atomic E-state index is 0.441. The van der Waals surface area contributed by atoms with Gasteiger partial charge in [0, 0.05) is 6.54 Å². The molecule has 0 aromatic heterocycles. The number of aryl methyl sites for hydroxylation is 1. The number of rotatable bonds is 10. The van der Waals surface area contributed by atoms with E-state index in [2.05, 4.69) is 105 Å². The first kappa shape index (κ1) is 33.1. The molecule has 0 saturated carbocycles. The summed E-state index contributed by atoms with van der Waals surface area (Å²) in [6.45, 7) is 6.99. The van der Waals surface area contributed by atoms with E-state index in [1.807, 2.05) is 5.32 Å². The van der Waals surface area contributed by atoms with Crippen molar-refractivity contribution in [2.24, 2.45) is 0 Å². The second-order valence-electron chi connectivity index (χ2n) is 9.83. The Morgan fingerprint density at radius 2 is 1.63 bits per heavy atom. The number of carbonyl (C=O) groups is 2. The Morgan fingerprint density at radius 1 is 0.976 bits per heavy atom. The number of hydrogen-bond donors (Lipinski definition) is 1. The summed E-state index contributed by atoms with van der Waals surface area (Å²) in [5.74, 6) is -3.67. The van der Waals surface area contributed by atoms with Crippen molar-refractivity contribution in [3.63, 3.8) is 0 Å². The fraction of sp³-hybridized carbons (Fsp3) is 0.294. The maximum atomic E-state index is 13.1. The molecule has 1 N–H and O–H groups in total. The van der Waals surface area contributed by atoms with Crippen LogP contribution in [0.4, 0.5) is 8.78 Å². The second kappa shape index (κ2) is 16.9. The average molecular weight is 563 g/mol. The lowest BCUT2D eigenvalue weighted by Crippen LogP contribution is -2.31. The highest BCUT2D eigenvalue weighted by Gasteiger charge is 2.17. The number of esters is 1. The van der Waals surface area contributed by atoms with E-state index in [1.54, 1.807) is 0 Å². The first-order valence-corrected chi connectivity index (χ1v) is 13.5. The van der Waals surface area contributed by atoms with Crippen LogP contribution >= 0.6 is 0 Å². The lowest BCUT2D eigenvalue weighted by Gasteiger charge is -2.14. The van der Waals surface area contributed by atoms with Gasteiger partial charge in [-0.05, 0) is 80.7 Å². The molecule has 0 aliphatic carbocycles. The quantitative estimate of drug-likeness (QED) is 0.271. The number of ether oxygens (including phenoxy) is 1. The number of benzene rings is 3. The van der Waals surface area contributed by atoms with Crippen LogP contribution in [-0.4, -0.2) is 44.5 Å². The summed E-state index contributed by atoms with van der Waals surface area (Å²) in [5.41, 5.74) is 7.43. The first-order chi connectivity index (χ1) is 19.6. The highest BCUT2D eigenvalue weighted by Crippen LogP contribution is 2.23. The second-order valence-corrected chi connectivity index (χ2v) is 9.83. The zero-order valence-electron chi connectivity index (χ0n) is 24.8. The average Bonchev–Trinajstić information content (AvgIpc) is 2.91. The third-order valence-electron chi connectivity index (χ3n) is 6.00. The molecule has 3 aromatic carbocycles. The van der Waals surface area contributed by atoms with E-state index in [1.165, 1.54) is 33.4 Å². The molecule has 7 heteroatoms. The van der Waals surface area contributed by atoms with Gasteiger partial charge in [-0.3, -0.25) is 9.59 Å². The highest BCUT2D eigenvalue weighted by molar-refractivity contribution is 5.96. The number of amides is 1. The van der Waals surface area contributed by atoms with Gasteiger partial charge in [0.05, 0.1) is 7.11 Å². The number of nitrogens with zero attached hydrogens (tertiary/aromatic N) is 1. The van der Waals surface area contributed by atoms with E-state index >= 15 is 0 Å². The van der Waals surface area contributed by atoms with E-state index < -0.39 is 35.6 Å². The number of carbonyl (C=O) groups excluding carboxylic acids is 2. The van der Waals surface area contributed by atoms with E-state index in [0.717, 1.165) is 44.7 Å². The number of allylic oxidation sites excluding steroid dienone is 2. The number of halogens is 2. The predicted octanol–water partition coefficient (Wildman–Crippen LogP) is 6.97. The standard InChI is InChI=1S/C24H31N.C10H9F2NO3/c1-6-8-13-24-22(10-7-2)11-9-12-23(24)17-20-14-19(3)15-21(16-20)18-25(4)5;1-16-8(14)5-13-10(15)9-6(11)3-2-4-7(9)12/h7-16H,6,17-18H2,1-5H3;2-4H,5H2,1H3,(H,13,15)/b10-7-,13-8+;. The maximum absolute atomic E-state index is 13.1. The van der Waals surface area contributed by atoms with Crippen molar-refractivity contribution in [1.82, 2.24) is 10.2 Å². The number of hydrogen-bond acceptors (Lipinski definition) is 4. The summed E-state index contributed by atoms with van der Waals surface area (Å²) in [6, 6.07) is 16.6. The Labute approximate surface area is 242 Å². The fourth-order valence-corrected chi connectivity index (χ4v) is 4.31. The molecule has 218 valence electrons. The molecule has 0 atom stereocenters. The summed E-state index contributed by atoms with van der Waals surface area (Å²) < 4.78 is 30.4. The summed E-state index contributed by atoms with van der Waals surface area (Å²) >= 11 is 0.